The molecule has 0 radical (unpaired) electrons. The third kappa shape index (κ3) is 5.19. The molecule has 0 aromatic heterocycles. The highest BCUT2D eigenvalue weighted by atomic mass is 79.9. The minimum absolute atomic E-state index is 0.00865. The van der Waals surface area contributed by atoms with Gasteiger partial charge in [-0.25, -0.2) is 0 Å². The number of hydrogen-bond donors (Lipinski definition) is 1. The number of nitrogens with zero attached hydrogens (tertiary/aromatic N) is 1. The molecule has 0 aliphatic rings. The van der Waals surface area contributed by atoms with Crippen molar-refractivity contribution in [3.05, 3.63) is 33.8 Å². The topological polar surface area (TPSA) is 32.3 Å². The normalized spacial score (nSPS) is 12.6. The molecule has 1 aromatic carbocycles. The molecule has 0 spiro atoms. The van der Waals surface area contributed by atoms with Crippen LogP contribution in [0, 0.1) is 6.92 Å². The molecule has 1 unspecified atom stereocenters. The number of amides is 1. The summed E-state index contributed by atoms with van der Waals surface area (Å²) < 4.78 is 0.939. The highest BCUT2D eigenvalue weighted by Crippen LogP contribution is 2.15. The molecule has 3 nitrogen and oxygen atoms in total. The summed E-state index contributed by atoms with van der Waals surface area (Å²) in [6.07, 6.45) is 0.950. The smallest absolute Gasteiger partial charge is 0.251 e. The Labute approximate surface area is 118 Å². The summed E-state index contributed by atoms with van der Waals surface area (Å²) in [6.45, 7) is 4.99. The molecule has 1 aromatic rings. The summed E-state index contributed by atoms with van der Waals surface area (Å²) in [5.74, 6) is -0.00865. The third-order valence-electron chi connectivity index (χ3n) is 2.69. The zero-order chi connectivity index (χ0) is 13.7. The quantitative estimate of drug-likeness (QED) is 0.906. The number of carbonyl (C=O) groups excluding carboxylic acids is 1. The molecule has 0 bridgehead atoms. The minimum atomic E-state index is -0.00865. The highest BCUT2D eigenvalue weighted by Gasteiger charge is 2.10. The van der Waals surface area contributed by atoms with Gasteiger partial charge in [-0.1, -0.05) is 15.9 Å². The molecule has 1 amide bonds. The Hall–Kier alpha value is -0.870. The first-order valence-corrected chi connectivity index (χ1v) is 6.90. The van der Waals surface area contributed by atoms with E-state index in [1.54, 1.807) is 0 Å². The van der Waals surface area contributed by atoms with E-state index in [1.807, 2.05) is 46.1 Å². The molecule has 0 heterocycles. The van der Waals surface area contributed by atoms with E-state index < -0.39 is 0 Å². The maximum Gasteiger partial charge on any atom is 0.251 e. The average molecular weight is 313 g/mol. The third-order valence-corrected chi connectivity index (χ3v) is 3.15. The highest BCUT2D eigenvalue weighted by molar-refractivity contribution is 9.10. The molecule has 0 aliphatic carbocycles. The Balaban J connectivity index is 2.59. The zero-order valence-electron chi connectivity index (χ0n) is 11.5. The first-order valence-electron chi connectivity index (χ1n) is 6.11. The molecule has 0 fully saturated rings. The van der Waals surface area contributed by atoms with Gasteiger partial charge in [-0.3, -0.25) is 4.79 Å². The van der Waals surface area contributed by atoms with Gasteiger partial charge in [-0.05, 0) is 64.7 Å². The van der Waals surface area contributed by atoms with Crippen LogP contribution in [0.2, 0.25) is 0 Å². The molecule has 18 heavy (non-hydrogen) atoms. The number of aryl methyl sites for hydroxylation is 1. The lowest BCUT2D eigenvalue weighted by atomic mass is 10.1. The van der Waals surface area contributed by atoms with E-state index in [4.69, 9.17) is 0 Å². The van der Waals surface area contributed by atoms with Crippen LogP contribution in [0.15, 0.2) is 22.7 Å². The van der Waals surface area contributed by atoms with Crippen molar-refractivity contribution in [2.24, 2.45) is 0 Å². The standard InChI is InChI=1S/C14H21BrN2O/c1-10-7-12(9-13(15)8-10)14(18)16-11(2)5-6-17(3)4/h7-9,11H,5-6H2,1-4H3,(H,16,18). The number of halogens is 1. The molecule has 100 valence electrons. The van der Waals surface area contributed by atoms with Crippen molar-refractivity contribution in [2.75, 3.05) is 20.6 Å². The van der Waals surface area contributed by atoms with Crippen molar-refractivity contribution in [1.82, 2.24) is 10.2 Å². The van der Waals surface area contributed by atoms with Crippen LogP contribution in [-0.4, -0.2) is 37.5 Å². The number of carbonyl (C=O) groups is 1. The van der Waals surface area contributed by atoms with Gasteiger partial charge in [0.1, 0.15) is 0 Å². The number of hydrogen-bond acceptors (Lipinski definition) is 2. The van der Waals surface area contributed by atoms with Gasteiger partial charge in [0.05, 0.1) is 0 Å². The molecule has 4 heteroatoms. The minimum Gasteiger partial charge on any atom is -0.350 e. The predicted molar refractivity (Wildman–Crippen MR) is 79.0 cm³/mol. The van der Waals surface area contributed by atoms with Crippen LogP contribution >= 0.6 is 15.9 Å². The Morgan fingerprint density at radius 1 is 1.39 bits per heavy atom. The van der Waals surface area contributed by atoms with Gasteiger partial charge in [0.25, 0.3) is 5.91 Å². The maximum absolute atomic E-state index is 12.1. The second-order valence-electron chi connectivity index (χ2n) is 4.98. The summed E-state index contributed by atoms with van der Waals surface area (Å²) >= 11 is 3.41. The second-order valence-corrected chi connectivity index (χ2v) is 5.90. The molecule has 0 saturated carbocycles. The van der Waals surface area contributed by atoms with Gasteiger partial charge in [0, 0.05) is 16.1 Å². The van der Waals surface area contributed by atoms with Crippen molar-refractivity contribution in [2.45, 2.75) is 26.3 Å². The van der Waals surface area contributed by atoms with Gasteiger partial charge in [-0.2, -0.15) is 0 Å². The molecule has 1 N–H and O–H groups in total. The maximum atomic E-state index is 12.1. The number of rotatable bonds is 5. The van der Waals surface area contributed by atoms with Crippen molar-refractivity contribution >= 4 is 21.8 Å². The monoisotopic (exact) mass is 312 g/mol. The Kier molecular flexibility index (Phi) is 5.82. The summed E-state index contributed by atoms with van der Waals surface area (Å²) in [5.41, 5.74) is 1.79. The molecular weight excluding hydrogens is 292 g/mol. The van der Waals surface area contributed by atoms with Gasteiger partial charge in [0.2, 0.25) is 0 Å². The fraction of sp³-hybridized carbons (Fsp3) is 0.500. The molecule has 1 atom stereocenters. The van der Waals surface area contributed by atoms with Gasteiger partial charge >= 0.3 is 0 Å². The van der Waals surface area contributed by atoms with Crippen molar-refractivity contribution in [3.8, 4) is 0 Å². The Bertz CT molecular complexity index is 398. The van der Waals surface area contributed by atoms with Crippen LogP contribution in [0.4, 0.5) is 0 Å². The summed E-state index contributed by atoms with van der Waals surface area (Å²) in [5, 5.41) is 3.02. The first kappa shape index (κ1) is 15.2. The van der Waals surface area contributed by atoms with Crippen LogP contribution in [0.3, 0.4) is 0 Å². The fourth-order valence-electron chi connectivity index (χ4n) is 1.70. The van der Waals surface area contributed by atoms with E-state index in [2.05, 4.69) is 26.1 Å². The summed E-state index contributed by atoms with van der Waals surface area (Å²) in [7, 11) is 4.07. The lowest BCUT2D eigenvalue weighted by Crippen LogP contribution is -2.34. The lowest BCUT2D eigenvalue weighted by molar-refractivity contribution is 0.0936. The molecule has 1 rings (SSSR count). The van der Waals surface area contributed by atoms with Gasteiger partial charge in [-0.15, -0.1) is 0 Å². The van der Waals surface area contributed by atoms with E-state index in [1.165, 1.54) is 0 Å². The molecule has 0 aliphatic heterocycles. The van der Waals surface area contributed by atoms with E-state index in [-0.39, 0.29) is 11.9 Å². The van der Waals surface area contributed by atoms with Crippen LogP contribution in [0.1, 0.15) is 29.3 Å². The number of nitrogens with one attached hydrogen (secondary N) is 1. The summed E-state index contributed by atoms with van der Waals surface area (Å²) in [4.78, 5) is 14.2. The Morgan fingerprint density at radius 2 is 2.06 bits per heavy atom. The van der Waals surface area contributed by atoms with Crippen LogP contribution in [-0.2, 0) is 0 Å². The van der Waals surface area contributed by atoms with Crippen molar-refractivity contribution in [3.63, 3.8) is 0 Å². The predicted octanol–water partition coefficient (Wildman–Crippen LogP) is 2.83. The second kappa shape index (κ2) is 6.90. The van der Waals surface area contributed by atoms with Crippen LogP contribution < -0.4 is 5.32 Å². The molecule has 0 saturated heterocycles. The Morgan fingerprint density at radius 3 is 2.61 bits per heavy atom. The van der Waals surface area contributed by atoms with E-state index in [9.17, 15) is 4.79 Å². The average Bonchev–Trinajstić information content (AvgIpc) is 2.25. The van der Waals surface area contributed by atoms with Gasteiger partial charge in [0.15, 0.2) is 0 Å². The van der Waals surface area contributed by atoms with Crippen LogP contribution in [0.5, 0.6) is 0 Å². The first-order chi connectivity index (χ1) is 8.38. The fourth-order valence-corrected chi connectivity index (χ4v) is 2.31. The van der Waals surface area contributed by atoms with Crippen molar-refractivity contribution < 1.29 is 4.79 Å². The SMILES string of the molecule is Cc1cc(Br)cc(C(=O)NC(C)CCN(C)C)c1. The lowest BCUT2D eigenvalue weighted by Gasteiger charge is -2.17. The number of benzene rings is 1. The summed E-state index contributed by atoms with van der Waals surface area (Å²) in [6, 6.07) is 5.92. The zero-order valence-corrected chi connectivity index (χ0v) is 13.0. The van der Waals surface area contributed by atoms with E-state index in [0.717, 1.165) is 23.0 Å². The largest absolute Gasteiger partial charge is 0.350 e. The van der Waals surface area contributed by atoms with E-state index >= 15 is 0 Å². The van der Waals surface area contributed by atoms with Crippen molar-refractivity contribution in [1.29, 1.82) is 0 Å². The van der Waals surface area contributed by atoms with Gasteiger partial charge < -0.3 is 10.2 Å². The van der Waals surface area contributed by atoms with Crippen LogP contribution in [0.25, 0.3) is 0 Å². The van der Waals surface area contributed by atoms with E-state index in [0.29, 0.717) is 5.56 Å². The molecular formula is C14H21BrN2O.